The third kappa shape index (κ3) is 16.4. The maximum Gasteiger partial charge on any atom is 0.311 e. The van der Waals surface area contributed by atoms with Crippen molar-refractivity contribution in [3.63, 3.8) is 0 Å². The van der Waals surface area contributed by atoms with Gasteiger partial charge in [-0.1, -0.05) is 57.6 Å². The summed E-state index contributed by atoms with van der Waals surface area (Å²) in [6.45, 7) is 8.40. The van der Waals surface area contributed by atoms with Gasteiger partial charge in [-0.05, 0) is 59.3 Å². The first-order valence-corrected chi connectivity index (χ1v) is 13.7. The molecule has 0 saturated heterocycles. The van der Waals surface area contributed by atoms with E-state index >= 15 is 0 Å². The van der Waals surface area contributed by atoms with Crippen LogP contribution in [0, 0.1) is 17.8 Å². The Labute approximate surface area is 213 Å². The molecule has 0 radical (unpaired) electrons. The van der Waals surface area contributed by atoms with Crippen molar-refractivity contribution in [1.82, 2.24) is 0 Å². The Morgan fingerprint density at radius 3 is 1.31 bits per heavy atom. The van der Waals surface area contributed by atoms with Crippen LogP contribution in [0.15, 0.2) is 12.2 Å². The van der Waals surface area contributed by atoms with Gasteiger partial charge in [-0.15, -0.1) is 0 Å². The van der Waals surface area contributed by atoms with Crippen molar-refractivity contribution in [2.45, 2.75) is 105 Å². The van der Waals surface area contributed by atoms with Gasteiger partial charge in [0.25, 0.3) is 0 Å². The Bertz CT molecular complexity index is 578. The standard InChI is InChI=1S/C28H51NO6/c1-5-6-7-8-9-10-11-12-13-14-15-16-17-18-19-29(20-23(2)26(30)31,21-24(3)27(32)33)22-25(4)28(34)35/h12-13,23-25H,5-11,14-22H2,1-4H3,(H2-,30,31,32,33,34,35)/p+1/b13-12+. The number of carboxylic acids is 3. The van der Waals surface area contributed by atoms with Crippen LogP contribution in [-0.2, 0) is 14.4 Å². The monoisotopic (exact) mass is 498 g/mol. The number of allylic oxidation sites excluding steroid dienone is 2. The fourth-order valence-electron chi connectivity index (χ4n) is 4.82. The summed E-state index contributed by atoms with van der Waals surface area (Å²) in [5.74, 6) is -4.83. The Morgan fingerprint density at radius 1 is 0.600 bits per heavy atom. The van der Waals surface area contributed by atoms with Gasteiger partial charge in [0.05, 0.1) is 26.2 Å². The zero-order valence-electron chi connectivity index (χ0n) is 22.7. The van der Waals surface area contributed by atoms with Gasteiger partial charge in [0.1, 0.15) is 17.8 Å². The van der Waals surface area contributed by atoms with Crippen LogP contribution in [0.5, 0.6) is 0 Å². The summed E-state index contributed by atoms with van der Waals surface area (Å²) in [7, 11) is 0. The molecular formula is C28H52NO6+. The predicted molar refractivity (Wildman–Crippen MR) is 140 cm³/mol. The van der Waals surface area contributed by atoms with Crippen LogP contribution in [0.2, 0.25) is 0 Å². The number of hydrogen-bond acceptors (Lipinski definition) is 3. The Kier molecular flexibility index (Phi) is 18.3. The molecule has 0 aromatic carbocycles. The molecule has 0 spiro atoms. The molecule has 0 aromatic rings. The first-order valence-electron chi connectivity index (χ1n) is 13.7. The van der Waals surface area contributed by atoms with Crippen LogP contribution in [0.4, 0.5) is 0 Å². The molecule has 0 rings (SSSR count). The van der Waals surface area contributed by atoms with E-state index in [1.807, 2.05) is 0 Å². The molecule has 204 valence electrons. The first-order chi connectivity index (χ1) is 16.5. The molecule has 3 atom stereocenters. The van der Waals surface area contributed by atoms with Gasteiger partial charge in [-0.2, -0.15) is 0 Å². The van der Waals surface area contributed by atoms with E-state index < -0.39 is 35.7 Å². The molecule has 3 N–H and O–H groups in total. The quantitative estimate of drug-likeness (QED) is 0.0875. The van der Waals surface area contributed by atoms with E-state index in [4.69, 9.17) is 0 Å². The summed E-state index contributed by atoms with van der Waals surface area (Å²) in [5.41, 5.74) is 0. The highest BCUT2D eigenvalue weighted by molar-refractivity contribution is 5.70. The van der Waals surface area contributed by atoms with E-state index in [2.05, 4.69) is 19.1 Å². The second-order valence-corrected chi connectivity index (χ2v) is 10.6. The number of hydrogen-bond donors (Lipinski definition) is 3. The SMILES string of the molecule is CCCCCCCC/C=C/CCCCCC[N+](CC(C)C(=O)O)(CC(C)C(=O)O)CC(C)C(=O)O. The van der Waals surface area contributed by atoms with Gasteiger partial charge >= 0.3 is 17.9 Å². The molecule has 0 fully saturated rings. The number of unbranched alkanes of at least 4 members (excludes halogenated alkanes) is 10. The minimum atomic E-state index is -0.939. The molecule has 3 unspecified atom stereocenters. The second kappa shape index (κ2) is 19.3. The zero-order valence-corrected chi connectivity index (χ0v) is 22.7. The number of rotatable bonds is 23. The lowest BCUT2D eigenvalue weighted by Gasteiger charge is -2.42. The largest absolute Gasteiger partial charge is 0.481 e. The molecule has 0 amide bonds. The number of quaternary nitrogens is 1. The lowest BCUT2D eigenvalue weighted by Crippen LogP contribution is -2.57. The molecule has 7 heteroatoms. The average molecular weight is 499 g/mol. The number of carboxylic acid groups (broad SMARTS) is 3. The average Bonchev–Trinajstić information content (AvgIpc) is 2.78. The van der Waals surface area contributed by atoms with Gasteiger partial charge in [-0.25, -0.2) is 0 Å². The molecule has 0 saturated carbocycles. The number of carbonyl (C=O) groups is 3. The summed E-state index contributed by atoms with van der Waals surface area (Å²) < 4.78 is 0.215. The van der Waals surface area contributed by atoms with Crippen molar-refractivity contribution in [3.05, 3.63) is 12.2 Å². The van der Waals surface area contributed by atoms with E-state index in [0.717, 1.165) is 38.5 Å². The van der Waals surface area contributed by atoms with Gasteiger partial charge in [-0.3, -0.25) is 14.4 Å². The van der Waals surface area contributed by atoms with Gasteiger partial charge in [0.15, 0.2) is 0 Å². The molecule has 0 heterocycles. The zero-order chi connectivity index (χ0) is 26.7. The van der Waals surface area contributed by atoms with Crippen LogP contribution < -0.4 is 0 Å². The Hall–Kier alpha value is -1.89. The van der Waals surface area contributed by atoms with Gasteiger partial charge in [0, 0.05) is 0 Å². The highest BCUT2D eigenvalue weighted by Crippen LogP contribution is 2.22. The smallest absolute Gasteiger partial charge is 0.311 e. The molecule has 0 aliphatic carbocycles. The highest BCUT2D eigenvalue weighted by atomic mass is 16.4. The molecular weight excluding hydrogens is 446 g/mol. The Balaban J connectivity index is 4.72. The maximum atomic E-state index is 11.6. The van der Waals surface area contributed by atoms with Gasteiger partial charge in [0.2, 0.25) is 0 Å². The van der Waals surface area contributed by atoms with Crippen molar-refractivity contribution >= 4 is 17.9 Å². The number of nitrogens with zero attached hydrogens (tertiary/aromatic N) is 1. The maximum absolute atomic E-state index is 11.6. The van der Waals surface area contributed by atoms with Crippen molar-refractivity contribution in [1.29, 1.82) is 0 Å². The van der Waals surface area contributed by atoms with Crippen LogP contribution in [-0.4, -0.2) is 63.9 Å². The van der Waals surface area contributed by atoms with Crippen molar-refractivity contribution in [2.75, 3.05) is 26.2 Å². The predicted octanol–water partition coefficient (Wildman–Crippen LogP) is 6.22. The lowest BCUT2D eigenvalue weighted by molar-refractivity contribution is -0.934. The minimum Gasteiger partial charge on any atom is -0.481 e. The summed E-state index contributed by atoms with van der Waals surface area (Å²) >= 11 is 0. The van der Waals surface area contributed by atoms with E-state index in [-0.39, 0.29) is 24.1 Å². The minimum absolute atomic E-state index is 0.215. The molecule has 0 bridgehead atoms. The number of aliphatic carboxylic acids is 3. The van der Waals surface area contributed by atoms with Crippen LogP contribution in [0.1, 0.15) is 105 Å². The van der Waals surface area contributed by atoms with Gasteiger partial charge < -0.3 is 19.8 Å². The van der Waals surface area contributed by atoms with Crippen molar-refractivity contribution in [2.24, 2.45) is 17.8 Å². The fourth-order valence-corrected chi connectivity index (χ4v) is 4.82. The van der Waals surface area contributed by atoms with Crippen LogP contribution in [0.25, 0.3) is 0 Å². The van der Waals surface area contributed by atoms with E-state index in [0.29, 0.717) is 6.54 Å². The molecule has 0 aromatic heterocycles. The summed E-state index contributed by atoms with van der Waals surface area (Å²) in [5, 5.41) is 28.4. The van der Waals surface area contributed by atoms with E-state index in [9.17, 15) is 29.7 Å². The second-order valence-electron chi connectivity index (χ2n) is 10.6. The molecule has 0 aliphatic heterocycles. The van der Waals surface area contributed by atoms with Crippen LogP contribution >= 0.6 is 0 Å². The highest BCUT2D eigenvalue weighted by Gasteiger charge is 2.38. The molecule has 35 heavy (non-hydrogen) atoms. The summed E-state index contributed by atoms with van der Waals surface area (Å²) in [6.07, 6.45) is 18.6. The third-order valence-electron chi connectivity index (χ3n) is 6.89. The fraction of sp³-hybridized carbons (Fsp3) is 0.821. The summed E-state index contributed by atoms with van der Waals surface area (Å²) in [6, 6.07) is 0. The Morgan fingerprint density at radius 2 is 0.943 bits per heavy atom. The third-order valence-corrected chi connectivity index (χ3v) is 6.89. The van der Waals surface area contributed by atoms with Crippen LogP contribution in [0.3, 0.4) is 0 Å². The molecule has 0 aliphatic rings. The topological polar surface area (TPSA) is 112 Å². The van der Waals surface area contributed by atoms with E-state index in [1.165, 1.54) is 38.5 Å². The normalized spacial score (nSPS) is 16.0. The lowest BCUT2D eigenvalue weighted by atomic mass is 10.0. The van der Waals surface area contributed by atoms with Crippen molar-refractivity contribution < 1.29 is 34.2 Å². The van der Waals surface area contributed by atoms with E-state index in [1.54, 1.807) is 20.8 Å². The first kappa shape index (κ1) is 33.1. The summed E-state index contributed by atoms with van der Waals surface area (Å²) in [4.78, 5) is 34.7. The molecule has 7 nitrogen and oxygen atoms in total. The van der Waals surface area contributed by atoms with Crippen molar-refractivity contribution in [3.8, 4) is 0 Å².